The monoisotopic (exact) mass is 481 g/mol. The number of amides is 1. The molecule has 2 heterocycles. The molecule has 4 heteroatoms. The first-order chi connectivity index (χ1) is 17.6. The fraction of sp³-hybridized carbons (Fsp3) is 0.406. The summed E-state index contributed by atoms with van der Waals surface area (Å²) in [6.45, 7) is 4.14. The Hall–Kier alpha value is -2.95. The predicted molar refractivity (Wildman–Crippen MR) is 149 cm³/mol. The third-order valence-electron chi connectivity index (χ3n) is 8.19. The minimum absolute atomic E-state index is 0.128. The molecule has 0 bridgehead atoms. The number of carbonyl (C=O) groups excluding carboxylic acids is 1. The van der Waals surface area contributed by atoms with E-state index in [0.29, 0.717) is 5.92 Å². The molecule has 1 N–H and O–H groups in total. The molecule has 3 aromatic rings. The van der Waals surface area contributed by atoms with Crippen LogP contribution in [0.3, 0.4) is 0 Å². The van der Waals surface area contributed by atoms with E-state index in [9.17, 15) is 4.79 Å². The van der Waals surface area contributed by atoms with E-state index in [1.807, 2.05) is 6.07 Å². The topological polar surface area (TPSA) is 35.6 Å². The van der Waals surface area contributed by atoms with Crippen molar-refractivity contribution < 1.29 is 4.79 Å². The lowest BCUT2D eigenvalue weighted by atomic mass is 9.70. The number of rotatable bonds is 9. The predicted octanol–water partition coefficient (Wildman–Crippen LogP) is 5.69. The van der Waals surface area contributed by atoms with Gasteiger partial charge in [0.05, 0.1) is 0 Å². The molecule has 2 aliphatic heterocycles. The number of hydrogen-bond donors (Lipinski definition) is 1. The normalized spacial score (nSPS) is 20.5. The summed E-state index contributed by atoms with van der Waals surface area (Å²) in [4.78, 5) is 18.7. The van der Waals surface area contributed by atoms with E-state index in [-0.39, 0.29) is 5.91 Å². The molecule has 1 saturated heterocycles. The Bertz CT molecular complexity index is 1150. The highest BCUT2D eigenvalue weighted by atomic mass is 16.2. The molecule has 1 amide bonds. The summed E-state index contributed by atoms with van der Waals surface area (Å²) in [5.74, 6) is 0.771. The molecular formula is C32H39N3O. The van der Waals surface area contributed by atoms with Crippen LogP contribution in [-0.2, 0) is 16.6 Å². The Labute approximate surface area is 216 Å². The number of benzene rings is 3. The van der Waals surface area contributed by atoms with Gasteiger partial charge in [-0.25, -0.2) is 0 Å². The van der Waals surface area contributed by atoms with Gasteiger partial charge in [0.1, 0.15) is 5.41 Å². The molecule has 4 nitrogen and oxygen atoms in total. The quantitative estimate of drug-likeness (QED) is 0.427. The van der Waals surface area contributed by atoms with E-state index in [1.54, 1.807) is 0 Å². The minimum atomic E-state index is -0.637. The van der Waals surface area contributed by atoms with E-state index in [2.05, 4.69) is 102 Å². The van der Waals surface area contributed by atoms with Crippen molar-refractivity contribution in [1.29, 1.82) is 0 Å². The minimum Gasteiger partial charge on any atom is -0.325 e. The van der Waals surface area contributed by atoms with E-state index < -0.39 is 5.41 Å². The van der Waals surface area contributed by atoms with Gasteiger partial charge in [-0.2, -0.15) is 0 Å². The SMILES string of the molecule is CN(C)CCCc1cccc2c1C(CCN1CCC(c3ccccc3)CC1)(c1ccccc1)C(=O)N2. The molecule has 0 saturated carbocycles. The first-order valence-electron chi connectivity index (χ1n) is 13.5. The van der Waals surface area contributed by atoms with Gasteiger partial charge in [-0.1, -0.05) is 72.8 Å². The maximum Gasteiger partial charge on any atom is 0.239 e. The molecule has 0 aromatic heterocycles. The molecule has 1 fully saturated rings. The summed E-state index contributed by atoms with van der Waals surface area (Å²) in [7, 11) is 4.24. The highest BCUT2D eigenvalue weighted by molar-refractivity contribution is 6.09. The third kappa shape index (κ3) is 4.98. The van der Waals surface area contributed by atoms with Crippen molar-refractivity contribution in [3.63, 3.8) is 0 Å². The van der Waals surface area contributed by atoms with Crippen LogP contribution in [0.5, 0.6) is 0 Å². The van der Waals surface area contributed by atoms with Crippen LogP contribution in [0.1, 0.15) is 53.9 Å². The summed E-state index contributed by atoms with van der Waals surface area (Å²) in [5, 5.41) is 3.27. The van der Waals surface area contributed by atoms with Crippen molar-refractivity contribution in [3.05, 3.63) is 101 Å². The van der Waals surface area contributed by atoms with Gasteiger partial charge < -0.3 is 15.1 Å². The van der Waals surface area contributed by atoms with Crippen LogP contribution in [0.25, 0.3) is 0 Å². The lowest BCUT2D eigenvalue weighted by Crippen LogP contribution is -2.42. The number of anilines is 1. The number of aryl methyl sites for hydroxylation is 1. The Morgan fingerprint density at radius 3 is 2.31 bits per heavy atom. The molecule has 0 radical (unpaired) electrons. The number of fused-ring (bicyclic) bond motifs is 1. The van der Waals surface area contributed by atoms with E-state index in [0.717, 1.165) is 56.7 Å². The second-order valence-corrected chi connectivity index (χ2v) is 10.7. The fourth-order valence-electron chi connectivity index (χ4n) is 6.27. The van der Waals surface area contributed by atoms with Gasteiger partial charge in [-0.3, -0.25) is 4.79 Å². The Morgan fingerprint density at radius 2 is 1.61 bits per heavy atom. The van der Waals surface area contributed by atoms with Gasteiger partial charge in [-0.15, -0.1) is 0 Å². The van der Waals surface area contributed by atoms with Crippen molar-refractivity contribution in [2.75, 3.05) is 45.6 Å². The van der Waals surface area contributed by atoms with Gasteiger partial charge in [-0.05, 0) is 107 Å². The van der Waals surface area contributed by atoms with Crippen molar-refractivity contribution in [2.24, 2.45) is 0 Å². The second-order valence-electron chi connectivity index (χ2n) is 10.7. The second kappa shape index (κ2) is 11.0. The molecule has 0 aliphatic carbocycles. The van der Waals surface area contributed by atoms with Gasteiger partial charge in [0.2, 0.25) is 5.91 Å². The largest absolute Gasteiger partial charge is 0.325 e. The molecule has 1 unspecified atom stereocenters. The number of nitrogens with zero attached hydrogens (tertiary/aromatic N) is 2. The molecule has 0 spiro atoms. The first-order valence-corrected chi connectivity index (χ1v) is 13.5. The lowest BCUT2D eigenvalue weighted by molar-refractivity contribution is -0.119. The van der Waals surface area contributed by atoms with Gasteiger partial charge in [0.15, 0.2) is 0 Å². The summed E-state index contributed by atoms with van der Waals surface area (Å²) in [5.41, 5.74) is 5.44. The van der Waals surface area contributed by atoms with Crippen molar-refractivity contribution in [1.82, 2.24) is 9.80 Å². The van der Waals surface area contributed by atoms with Crippen LogP contribution in [0.15, 0.2) is 78.9 Å². The van der Waals surface area contributed by atoms with Crippen molar-refractivity contribution in [3.8, 4) is 0 Å². The summed E-state index contributed by atoms with van der Waals surface area (Å²) in [6.07, 6.45) is 5.22. The third-order valence-corrected chi connectivity index (χ3v) is 8.19. The highest BCUT2D eigenvalue weighted by Gasteiger charge is 2.49. The van der Waals surface area contributed by atoms with Gasteiger partial charge >= 0.3 is 0 Å². The molecule has 1 atom stereocenters. The van der Waals surface area contributed by atoms with Crippen molar-refractivity contribution in [2.45, 2.75) is 43.4 Å². The van der Waals surface area contributed by atoms with E-state index >= 15 is 0 Å². The number of carbonyl (C=O) groups is 1. The Balaban J connectivity index is 1.39. The van der Waals surface area contributed by atoms with Crippen LogP contribution >= 0.6 is 0 Å². The number of likely N-dealkylation sites (tertiary alicyclic amines) is 1. The Kier molecular flexibility index (Phi) is 7.54. The smallest absolute Gasteiger partial charge is 0.239 e. The standard InChI is InChI=1S/C32H39N3O/c1-34(2)21-10-14-27-13-9-17-29-30(27)32(31(36)33-29,28-15-7-4-8-16-28)20-24-35-22-18-26(19-23-35)25-11-5-3-6-12-25/h3-9,11-13,15-17,26H,10,14,18-24H2,1-2H3,(H,33,36). The zero-order valence-corrected chi connectivity index (χ0v) is 21.7. The average Bonchev–Trinajstić information content (AvgIpc) is 3.21. The van der Waals surface area contributed by atoms with Crippen LogP contribution < -0.4 is 5.32 Å². The molecular weight excluding hydrogens is 442 g/mol. The molecule has 36 heavy (non-hydrogen) atoms. The molecule has 188 valence electrons. The van der Waals surface area contributed by atoms with E-state index in [1.165, 1.54) is 29.5 Å². The summed E-state index contributed by atoms with van der Waals surface area (Å²) >= 11 is 0. The van der Waals surface area contributed by atoms with Crippen molar-refractivity contribution >= 4 is 11.6 Å². The number of hydrogen-bond acceptors (Lipinski definition) is 3. The van der Waals surface area contributed by atoms with E-state index in [4.69, 9.17) is 0 Å². The van der Waals surface area contributed by atoms with Crippen LogP contribution in [0, 0.1) is 0 Å². The maximum atomic E-state index is 13.9. The summed E-state index contributed by atoms with van der Waals surface area (Å²) < 4.78 is 0. The van der Waals surface area contributed by atoms with Crippen LogP contribution in [0.4, 0.5) is 5.69 Å². The lowest BCUT2D eigenvalue weighted by Gasteiger charge is -2.36. The Morgan fingerprint density at radius 1 is 0.917 bits per heavy atom. The zero-order chi connectivity index (χ0) is 25.0. The highest BCUT2D eigenvalue weighted by Crippen LogP contribution is 2.47. The average molecular weight is 482 g/mol. The van der Waals surface area contributed by atoms with Gasteiger partial charge in [0, 0.05) is 5.69 Å². The molecule has 3 aromatic carbocycles. The van der Waals surface area contributed by atoms with Crippen LogP contribution in [0.2, 0.25) is 0 Å². The fourth-order valence-corrected chi connectivity index (χ4v) is 6.27. The molecule has 2 aliphatic rings. The zero-order valence-electron chi connectivity index (χ0n) is 21.7. The first kappa shape index (κ1) is 24.7. The number of nitrogens with one attached hydrogen (secondary N) is 1. The number of piperidine rings is 1. The molecule has 5 rings (SSSR count). The van der Waals surface area contributed by atoms with Crippen LogP contribution in [-0.4, -0.2) is 56.0 Å². The van der Waals surface area contributed by atoms with Gasteiger partial charge in [0.25, 0.3) is 0 Å². The summed E-state index contributed by atoms with van der Waals surface area (Å²) in [6, 6.07) is 27.8. The maximum absolute atomic E-state index is 13.9.